The molecular formula is C15H24N4O. The third-order valence-corrected chi connectivity index (χ3v) is 2.73. The fourth-order valence-electron chi connectivity index (χ4n) is 1.74. The largest absolute Gasteiger partial charge is 0.357 e. The van der Waals surface area contributed by atoms with E-state index in [1.54, 1.807) is 22.8 Å². The van der Waals surface area contributed by atoms with Crippen molar-refractivity contribution >= 4 is 5.96 Å². The zero-order chi connectivity index (χ0) is 14.6. The van der Waals surface area contributed by atoms with Crippen molar-refractivity contribution in [3.63, 3.8) is 0 Å². The van der Waals surface area contributed by atoms with E-state index >= 15 is 0 Å². The molecule has 0 radical (unpaired) electrons. The van der Waals surface area contributed by atoms with Gasteiger partial charge in [-0.15, -0.1) is 6.58 Å². The second-order valence-electron chi connectivity index (χ2n) is 4.37. The summed E-state index contributed by atoms with van der Waals surface area (Å²) < 4.78 is 1.73. The van der Waals surface area contributed by atoms with Gasteiger partial charge in [-0.25, -0.2) is 0 Å². The summed E-state index contributed by atoms with van der Waals surface area (Å²) in [6.45, 7) is 8.72. The van der Waals surface area contributed by atoms with Gasteiger partial charge in [0.2, 0.25) is 5.56 Å². The van der Waals surface area contributed by atoms with Crippen LogP contribution in [0.15, 0.2) is 46.8 Å². The summed E-state index contributed by atoms with van der Waals surface area (Å²) in [5.41, 5.74) is 0.0528. The summed E-state index contributed by atoms with van der Waals surface area (Å²) >= 11 is 0. The van der Waals surface area contributed by atoms with Gasteiger partial charge in [0.25, 0.3) is 0 Å². The van der Waals surface area contributed by atoms with Crippen molar-refractivity contribution in [2.24, 2.45) is 4.99 Å². The molecule has 0 amide bonds. The lowest BCUT2D eigenvalue weighted by atomic mass is 10.3. The van der Waals surface area contributed by atoms with Gasteiger partial charge in [-0.05, 0) is 25.8 Å². The SMILES string of the molecule is C=CCNC(=NCCCCn1ccccc1=O)NCC. The van der Waals surface area contributed by atoms with Crippen LogP contribution in [-0.4, -0.2) is 30.2 Å². The molecule has 0 bridgehead atoms. The molecule has 0 aliphatic heterocycles. The lowest BCUT2D eigenvalue weighted by Crippen LogP contribution is -2.37. The first-order chi connectivity index (χ1) is 9.77. The van der Waals surface area contributed by atoms with Crippen LogP contribution in [0.5, 0.6) is 0 Å². The predicted octanol–water partition coefficient (Wildman–Crippen LogP) is 1.37. The zero-order valence-electron chi connectivity index (χ0n) is 12.1. The molecule has 5 heteroatoms. The molecule has 0 saturated heterocycles. The van der Waals surface area contributed by atoms with Crippen LogP contribution in [-0.2, 0) is 6.54 Å². The van der Waals surface area contributed by atoms with Crippen LogP contribution < -0.4 is 16.2 Å². The van der Waals surface area contributed by atoms with Crippen molar-refractivity contribution in [3.8, 4) is 0 Å². The van der Waals surface area contributed by atoms with E-state index in [0.29, 0.717) is 6.54 Å². The Morgan fingerprint density at radius 2 is 2.25 bits per heavy atom. The van der Waals surface area contributed by atoms with Gasteiger partial charge in [-0.2, -0.15) is 0 Å². The molecule has 1 aromatic heterocycles. The first-order valence-corrected chi connectivity index (χ1v) is 7.06. The number of aryl methyl sites for hydroxylation is 1. The van der Waals surface area contributed by atoms with Gasteiger partial charge in [0, 0.05) is 38.4 Å². The highest BCUT2D eigenvalue weighted by molar-refractivity contribution is 5.79. The lowest BCUT2D eigenvalue weighted by molar-refractivity contribution is 0.598. The molecule has 1 rings (SSSR count). The molecule has 20 heavy (non-hydrogen) atoms. The molecule has 0 aliphatic carbocycles. The molecule has 1 heterocycles. The van der Waals surface area contributed by atoms with Crippen molar-refractivity contribution in [3.05, 3.63) is 47.4 Å². The minimum atomic E-state index is 0.0528. The van der Waals surface area contributed by atoms with Crippen molar-refractivity contribution < 1.29 is 0 Å². The molecule has 0 aromatic carbocycles. The summed E-state index contributed by atoms with van der Waals surface area (Å²) in [6, 6.07) is 5.22. The van der Waals surface area contributed by atoms with E-state index in [4.69, 9.17) is 0 Å². The van der Waals surface area contributed by atoms with Crippen LogP contribution in [0, 0.1) is 0 Å². The Labute approximate surface area is 120 Å². The van der Waals surface area contributed by atoms with Crippen molar-refractivity contribution in [2.75, 3.05) is 19.6 Å². The van der Waals surface area contributed by atoms with E-state index in [1.165, 1.54) is 0 Å². The summed E-state index contributed by atoms with van der Waals surface area (Å²) in [7, 11) is 0. The lowest BCUT2D eigenvalue weighted by Gasteiger charge is -2.09. The van der Waals surface area contributed by atoms with E-state index in [9.17, 15) is 4.79 Å². The Morgan fingerprint density at radius 1 is 1.40 bits per heavy atom. The fraction of sp³-hybridized carbons (Fsp3) is 0.467. The van der Waals surface area contributed by atoms with E-state index in [1.807, 2.05) is 19.2 Å². The summed E-state index contributed by atoms with van der Waals surface area (Å²) in [6.07, 6.45) is 5.51. The normalized spacial score (nSPS) is 11.2. The number of nitrogens with zero attached hydrogens (tertiary/aromatic N) is 2. The molecular weight excluding hydrogens is 252 g/mol. The monoisotopic (exact) mass is 276 g/mol. The smallest absolute Gasteiger partial charge is 0.250 e. The van der Waals surface area contributed by atoms with E-state index in [2.05, 4.69) is 22.2 Å². The summed E-state index contributed by atoms with van der Waals surface area (Å²) in [5.74, 6) is 0.810. The molecule has 1 aromatic rings. The first kappa shape index (κ1) is 16.0. The van der Waals surface area contributed by atoms with Crippen molar-refractivity contribution in [1.82, 2.24) is 15.2 Å². The highest BCUT2D eigenvalue weighted by Gasteiger charge is 1.96. The highest BCUT2D eigenvalue weighted by atomic mass is 16.1. The van der Waals surface area contributed by atoms with E-state index < -0.39 is 0 Å². The van der Waals surface area contributed by atoms with Crippen LogP contribution >= 0.6 is 0 Å². The third-order valence-electron chi connectivity index (χ3n) is 2.73. The zero-order valence-corrected chi connectivity index (χ0v) is 12.1. The number of pyridine rings is 1. The number of hydrogen-bond donors (Lipinski definition) is 2. The Morgan fingerprint density at radius 3 is 2.95 bits per heavy atom. The van der Waals surface area contributed by atoms with Crippen LogP contribution in [0.2, 0.25) is 0 Å². The maximum absolute atomic E-state index is 11.5. The van der Waals surface area contributed by atoms with Crippen LogP contribution in [0.1, 0.15) is 19.8 Å². The molecule has 0 unspecified atom stereocenters. The second kappa shape index (κ2) is 9.83. The molecule has 0 spiro atoms. The minimum absolute atomic E-state index is 0.0528. The first-order valence-electron chi connectivity index (χ1n) is 7.06. The van der Waals surface area contributed by atoms with Gasteiger partial charge >= 0.3 is 0 Å². The third kappa shape index (κ3) is 6.22. The maximum Gasteiger partial charge on any atom is 0.250 e. The van der Waals surface area contributed by atoms with Crippen LogP contribution in [0.3, 0.4) is 0 Å². The van der Waals surface area contributed by atoms with Gasteiger partial charge in [0.15, 0.2) is 5.96 Å². The molecule has 0 fully saturated rings. The second-order valence-corrected chi connectivity index (χ2v) is 4.37. The Balaban J connectivity index is 2.30. The number of nitrogens with one attached hydrogen (secondary N) is 2. The summed E-state index contributed by atoms with van der Waals surface area (Å²) in [5, 5.41) is 6.32. The van der Waals surface area contributed by atoms with Crippen molar-refractivity contribution in [1.29, 1.82) is 0 Å². The number of aromatic nitrogens is 1. The van der Waals surface area contributed by atoms with Gasteiger partial charge < -0.3 is 15.2 Å². The van der Waals surface area contributed by atoms with E-state index in [-0.39, 0.29) is 5.56 Å². The number of guanidine groups is 1. The Hall–Kier alpha value is -2.04. The molecule has 0 saturated carbocycles. The maximum atomic E-state index is 11.5. The Kier molecular flexibility index (Phi) is 7.87. The van der Waals surface area contributed by atoms with E-state index in [0.717, 1.165) is 38.4 Å². The number of aliphatic imine (C=N–C) groups is 1. The topological polar surface area (TPSA) is 58.4 Å². The molecule has 110 valence electrons. The number of hydrogen-bond acceptors (Lipinski definition) is 2. The highest BCUT2D eigenvalue weighted by Crippen LogP contribution is 1.94. The van der Waals surface area contributed by atoms with Gasteiger partial charge in [-0.1, -0.05) is 12.1 Å². The average Bonchev–Trinajstić information content (AvgIpc) is 2.46. The quantitative estimate of drug-likeness (QED) is 0.326. The molecule has 5 nitrogen and oxygen atoms in total. The standard InChI is InChI=1S/C15H24N4O/c1-3-10-17-15(16-4-2)18-11-6-8-13-19-12-7-5-9-14(19)20/h3,5,7,9,12H,1,4,6,8,10-11,13H2,2H3,(H2,16,17,18). The Bertz CT molecular complexity index is 479. The minimum Gasteiger partial charge on any atom is -0.357 e. The molecule has 2 N–H and O–H groups in total. The van der Waals surface area contributed by atoms with Crippen LogP contribution in [0.4, 0.5) is 0 Å². The molecule has 0 aliphatic rings. The van der Waals surface area contributed by atoms with Crippen LogP contribution in [0.25, 0.3) is 0 Å². The van der Waals surface area contributed by atoms with Gasteiger partial charge in [0.05, 0.1) is 0 Å². The molecule has 0 atom stereocenters. The van der Waals surface area contributed by atoms with Crippen molar-refractivity contribution in [2.45, 2.75) is 26.3 Å². The predicted molar refractivity (Wildman–Crippen MR) is 84.1 cm³/mol. The number of unbranched alkanes of at least 4 members (excludes halogenated alkanes) is 1. The fourth-order valence-corrected chi connectivity index (χ4v) is 1.74. The number of rotatable bonds is 8. The van der Waals surface area contributed by atoms with Gasteiger partial charge in [-0.3, -0.25) is 9.79 Å². The average molecular weight is 276 g/mol. The summed E-state index contributed by atoms with van der Waals surface area (Å²) in [4.78, 5) is 16.0. The van der Waals surface area contributed by atoms with Gasteiger partial charge in [0.1, 0.15) is 0 Å².